The van der Waals surface area contributed by atoms with Crippen molar-refractivity contribution in [1.82, 2.24) is 15.0 Å². The first-order chi connectivity index (χ1) is 12.0. The minimum absolute atomic E-state index is 0.0550. The van der Waals surface area contributed by atoms with Gasteiger partial charge in [-0.3, -0.25) is 0 Å². The summed E-state index contributed by atoms with van der Waals surface area (Å²) < 4.78 is 38.7. The molecule has 1 unspecified atom stereocenters. The lowest BCUT2D eigenvalue weighted by atomic mass is 9.87. The van der Waals surface area contributed by atoms with Crippen LogP contribution in [0.2, 0.25) is 5.15 Å². The van der Waals surface area contributed by atoms with E-state index in [1.807, 2.05) is 13.0 Å². The molecule has 2 aromatic rings. The van der Waals surface area contributed by atoms with Crippen molar-refractivity contribution in [3.8, 4) is 0 Å². The van der Waals surface area contributed by atoms with E-state index >= 15 is 0 Å². The molecule has 3 heterocycles. The zero-order valence-electron chi connectivity index (χ0n) is 14.3. The number of anilines is 2. The molecular weight excluding hydrogens is 387 g/mol. The van der Waals surface area contributed by atoms with Crippen molar-refractivity contribution in [2.45, 2.75) is 42.8 Å². The molecule has 0 fully saturated rings. The van der Waals surface area contributed by atoms with E-state index in [1.165, 1.54) is 0 Å². The Bertz CT molecular complexity index is 857. The Hall–Kier alpha value is -1.74. The molecule has 0 amide bonds. The van der Waals surface area contributed by atoms with Crippen molar-refractivity contribution in [3.05, 3.63) is 34.2 Å². The number of nitrogens with zero attached hydrogens (tertiary/aromatic N) is 3. The second kappa shape index (κ2) is 6.45. The Kier molecular flexibility index (Phi) is 4.72. The van der Waals surface area contributed by atoms with Gasteiger partial charge in [0.25, 0.3) is 0 Å². The highest BCUT2D eigenvalue weighted by Gasteiger charge is 2.35. The average Bonchev–Trinajstić information content (AvgIpc) is 2.82. The number of thioether (sulfide) groups is 1. The fourth-order valence-electron chi connectivity index (χ4n) is 2.71. The van der Waals surface area contributed by atoms with E-state index in [2.05, 4.69) is 34.1 Å². The Morgan fingerprint density at radius 1 is 1.27 bits per heavy atom. The summed E-state index contributed by atoms with van der Waals surface area (Å²) in [6.07, 6.45) is -4.58. The van der Waals surface area contributed by atoms with Gasteiger partial charge in [-0.1, -0.05) is 37.2 Å². The highest BCUT2D eigenvalue weighted by Crippen LogP contribution is 2.43. The molecule has 0 radical (unpaired) electrons. The van der Waals surface area contributed by atoms with E-state index in [0.29, 0.717) is 16.9 Å². The smallest absolute Gasteiger partial charge is 0.384 e. The van der Waals surface area contributed by atoms with E-state index in [0.717, 1.165) is 29.6 Å². The van der Waals surface area contributed by atoms with E-state index in [-0.39, 0.29) is 21.6 Å². The van der Waals surface area contributed by atoms with Crippen molar-refractivity contribution in [2.24, 2.45) is 0 Å². The zero-order valence-corrected chi connectivity index (χ0v) is 15.9. The lowest BCUT2D eigenvalue weighted by molar-refractivity contribution is -0.141. The molecule has 1 atom stereocenters. The maximum atomic E-state index is 12.9. The first-order valence-electron chi connectivity index (χ1n) is 7.80. The van der Waals surface area contributed by atoms with Crippen LogP contribution < -0.4 is 11.1 Å². The molecule has 0 aliphatic carbocycles. The van der Waals surface area contributed by atoms with Gasteiger partial charge in [-0.05, 0) is 18.6 Å². The molecule has 3 N–H and O–H groups in total. The molecule has 0 saturated carbocycles. The maximum absolute atomic E-state index is 12.9. The predicted octanol–water partition coefficient (Wildman–Crippen LogP) is 4.68. The molecule has 0 saturated heterocycles. The number of alkyl halides is 3. The molecule has 26 heavy (non-hydrogen) atoms. The minimum atomic E-state index is -4.58. The quantitative estimate of drug-likeness (QED) is 0.440. The Morgan fingerprint density at radius 3 is 2.62 bits per heavy atom. The molecule has 140 valence electrons. The molecular formula is C16H17ClF3N5S. The molecule has 0 bridgehead atoms. The number of nitrogens with one attached hydrogen (secondary N) is 1. The summed E-state index contributed by atoms with van der Waals surface area (Å²) >= 11 is 7.33. The van der Waals surface area contributed by atoms with Gasteiger partial charge in [0.2, 0.25) is 0 Å². The first-order valence-corrected chi connectivity index (χ1v) is 9.06. The number of pyridine rings is 1. The SMILES string of the molecule is CC(Sc1nc(N)cc(C(F)(F)F)n1)c1cc2c(c(Cl)n1)NCC2(C)C. The van der Waals surface area contributed by atoms with Gasteiger partial charge >= 0.3 is 6.18 Å². The van der Waals surface area contributed by atoms with Crippen molar-refractivity contribution < 1.29 is 13.2 Å². The molecule has 1 aliphatic heterocycles. The van der Waals surface area contributed by atoms with Crippen LogP contribution >= 0.6 is 23.4 Å². The molecule has 0 spiro atoms. The molecule has 3 rings (SSSR count). The van der Waals surface area contributed by atoms with Crippen molar-refractivity contribution in [1.29, 1.82) is 0 Å². The lowest BCUT2D eigenvalue weighted by Gasteiger charge is -2.19. The summed E-state index contributed by atoms with van der Waals surface area (Å²) in [5.74, 6) is -0.229. The molecule has 2 aromatic heterocycles. The monoisotopic (exact) mass is 403 g/mol. The minimum Gasteiger partial charge on any atom is -0.384 e. The molecule has 1 aliphatic rings. The van der Waals surface area contributed by atoms with Gasteiger partial charge in [0, 0.05) is 18.0 Å². The molecule has 5 nitrogen and oxygen atoms in total. The molecule has 10 heteroatoms. The summed E-state index contributed by atoms with van der Waals surface area (Å²) in [7, 11) is 0. The van der Waals surface area contributed by atoms with Crippen LogP contribution in [0.1, 0.15) is 43.0 Å². The number of hydrogen-bond acceptors (Lipinski definition) is 6. The largest absolute Gasteiger partial charge is 0.433 e. The summed E-state index contributed by atoms with van der Waals surface area (Å²) in [6, 6.07) is 2.64. The predicted molar refractivity (Wildman–Crippen MR) is 96.5 cm³/mol. The van der Waals surface area contributed by atoms with Crippen molar-refractivity contribution in [3.63, 3.8) is 0 Å². The zero-order chi connectivity index (χ0) is 19.3. The van der Waals surface area contributed by atoms with Crippen LogP contribution in [0, 0.1) is 0 Å². The molecule has 0 aromatic carbocycles. The van der Waals surface area contributed by atoms with Crippen LogP contribution in [0.3, 0.4) is 0 Å². The van der Waals surface area contributed by atoms with Crippen LogP contribution in [-0.4, -0.2) is 21.5 Å². The number of nitrogens with two attached hydrogens (primary N) is 1. The van der Waals surface area contributed by atoms with Gasteiger partial charge in [0.05, 0.1) is 16.6 Å². The maximum Gasteiger partial charge on any atom is 0.433 e. The normalized spacial score (nSPS) is 16.9. The first kappa shape index (κ1) is 19.0. The lowest BCUT2D eigenvalue weighted by Crippen LogP contribution is -2.19. The topological polar surface area (TPSA) is 76.7 Å². The van der Waals surface area contributed by atoms with Crippen LogP contribution in [0.15, 0.2) is 17.3 Å². The van der Waals surface area contributed by atoms with Gasteiger partial charge in [0.15, 0.2) is 16.0 Å². The van der Waals surface area contributed by atoms with Crippen LogP contribution in [-0.2, 0) is 11.6 Å². The van der Waals surface area contributed by atoms with Crippen molar-refractivity contribution in [2.75, 3.05) is 17.6 Å². The fraction of sp³-hybridized carbons (Fsp3) is 0.438. The number of fused-ring (bicyclic) bond motifs is 1. The summed E-state index contributed by atoms with van der Waals surface area (Å²) in [5, 5.41) is 3.22. The summed E-state index contributed by atoms with van der Waals surface area (Å²) in [6.45, 7) is 6.72. The van der Waals surface area contributed by atoms with Gasteiger partial charge in [-0.25, -0.2) is 15.0 Å². The van der Waals surface area contributed by atoms with Crippen LogP contribution in [0.25, 0.3) is 0 Å². The van der Waals surface area contributed by atoms with Gasteiger partial charge in [-0.2, -0.15) is 13.2 Å². The van der Waals surface area contributed by atoms with Crippen LogP contribution in [0.5, 0.6) is 0 Å². The van der Waals surface area contributed by atoms with E-state index in [4.69, 9.17) is 17.3 Å². The standard InChI is InChI=1S/C16H17ClF3N5S/c1-7(26-14-24-10(16(18,19)20)5-11(21)25-14)9-4-8-12(13(17)23-9)22-6-15(8,2)3/h4-5,7,22H,6H2,1-3H3,(H2,21,24,25). The highest BCUT2D eigenvalue weighted by molar-refractivity contribution is 7.99. The van der Waals surface area contributed by atoms with Crippen molar-refractivity contribution >= 4 is 34.9 Å². The van der Waals surface area contributed by atoms with Gasteiger partial charge in [0.1, 0.15) is 5.82 Å². The van der Waals surface area contributed by atoms with E-state index < -0.39 is 11.9 Å². The van der Waals surface area contributed by atoms with E-state index in [9.17, 15) is 13.2 Å². The van der Waals surface area contributed by atoms with Crippen LogP contribution in [0.4, 0.5) is 24.7 Å². The second-order valence-corrected chi connectivity index (χ2v) is 8.38. The second-order valence-electron chi connectivity index (χ2n) is 6.72. The highest BCUT2D eigenvalue weighted by atomic mass is 35.5. The summed E-state index contributed by atoms with van der Waals surface area (Å²) in [4.78, 5) is 11.8. The Morgan fingerprint density at radius 2 is 1.96 bits per heavy atom. The number of rotatable bonds is 3. The number of hydrogen-bond donors (Lipinski definition) is 2. The third-order valence-electron chi connectivity index (χ3n) is 4.15. The number of halogens is 4. The average molecular weight is 404 g/mol. The van der Waals surface area contributed by atoms with Gasteiger partial charge < -0.3 is 11.1 Å². The Balaban J connectivity index is 1.91. The third kappa shape index (κ3) is 3.68. The summed E-state index contributed by atoms with van der Waals surface area (Å²) in [5.41, 5.74) is 6.80. The van der Waals surface area contributed by atoms with E-state index in [1.54, 1.807) is 0 Å². The number of nitrogen functional groups attached to an aromatic ring is 1. The fourth-order valence-corrected chi connectivity index (χ4v) is 3.84. The Labute approximate surface area is 158 Å². The van der Waals surface area contributed by atoms with Gasteiger partial charge in [-0.15, -0.1) is 0 Å². The third-order valence-corrected chi connectivity index (χ3v) is 5.41. The number of aromatic nitrogens is 3.